The van der Waals surface area contributed by atoms with Gasteiger partial charge in [-0.15, -0.1) is 0 Å². The Labute approximate surface area is 229 Å². The summed E-state index contributed by atoms with van der Waals surface area (Å²) in [5.74, 6) is 0. The van der Waals surface area contributed by atoms with Crippen molar-refractivity contribution in [1.82, 2.24) is 10.6 Å². The van der Waals surface area contributed by atoms with Gasteiger partial charge in [-0.25, -0.2) is 0 Å². The zero-order chi connectivity index (χ0) is 26.1. The molecule has 1 aliphatic carbocycles. The first-order chi connectivity index (χ1) is 19.1. The molecule has 0 radical (unpaired) electrons. The highest BCUT2D eigenvalue weighted by atomic mass is 15.0. The lowest BCUT2D eigenvalue weighted by molar-refractivity contribution is 0.570. The summed E-state index contributed by atoms with van der Waals surface area (Å²) in [5, 5.41) is 15.4. The van der Waals surface area contributed by atoms with Gasteiger partial charge in [0.15, 0.2) is 0 Å². The number of hydrogen-bond donors (Lipinski definition) is 2. The van der Waals surface area contributed by atoms with Crippen molar-refractivity contribution in [3.8, 4) is 11.1 Å². The van der Waals surface area contributed by atoms with Crippen LogP contribution in [-0.4, -0.2) is 6.54 Å². The fourth-order valence-corrected chi connectivity index (χ4v) is 7.01. The molecule has 0 aromatic heterocycles. The molecule has 0 spiro atoms. The van der Waals surface area contributed by atoms with Crippen LogP contribution in [0.25, 0.3) is 49.1 Å². The first-order valence-corrected chi connectivity index (χ1v) is 13.9. The Hall–Kier alpha value is -4.56. The van der Waals surface area contributed by atoms with Gasteiger partial charge in [0.25, 0.3) is 0 Å². The zero-order valence-corrected chi connectivity index (χ0v) is 22.3. The average molecular weight is 503 g/mol. The van der Waals surface area contributed by atoms with E-state index in [-0.39, 0.29) is 11.5 Å². The molecule has 0 amide bonds. The molecule has 0 bridgehead atoms. The minimum Gasteiger partial charge on any atom is -0.381 e. The first kappa shape index (κ1) is 22.4. The van der Waals surface area contributed by atoms with Crippen molar-refractivity contribution in [1.29, 1.82) is 0 Å². The van der Waals surface area contributed by atoms with Gasteiger partial charge in [0.05, 0.1) is 11.7 Å². The van der Waals surface area contributed by atoms with Crippen molar-refractivity contribution < 1.29 is 0 Å². The molecule has 2 aliphatic rings. The molecule has 6 aromatic carbocycles. The molecule has 8 rings (SSSR count). The van der Waals surface area contributed by atoms with Gasteiger partial charge in [0.1, 0.15) is 0 Å². The molecule has 1 heterocycles. The molecule has 0 fully saturated rings. The normalized spacial score (nSPS) is 17.4. The van der Waals surface area contributed by atoms with Crippen LogP contribution in [0.2, 0.25) is 0 Å². The van der Waals surface area contributed by atoms with Crippen molar-refractivity contribution >= 4 is 38.0 Å². The predicted octanol–water partition coefficient (Wildman–Crippen LogP) is 8.69. The Morgan fingerprint density at radius 3 is 1.90 bits per heavy atom. The van der Waals surface area contributed by atoms with E-state index in [9.17, 15) is 0 Å². The lowest BCUT2D eigenvalue weighted by Gasteiger charge is -2.28. The number of nitrogens with one attached hydrogen (secondary N) is 2. The van der Waals surface area contributed by atoms with E-state index in [1.54, 1.807) is 0 Å². The van der Waals surface area contributed by atoms with Gasteiger partial charge >= 0.3 is 0 Å². The number of rotatable bonds is 2. The summed E-state index contributed by atoms with van der Waals surface area (Å²) >= 11 is 0. The summed E-state index contributed by atoms with van der Waals surface area (Å²) in [7, 11) is 0. The Morgan fingerprint density at radius 2 is 1.18 bits per heavy atom. The molecule has 1 aliphatic heterocycles. The summed E-state index contributed by atoms with van der Waals surface area (Å²) in [5.41, 5.74) is 9.31. The fourth-order valence-electron chi connectivity index (χ4n) is 7.01. The monoisotopic (exact) mass is 502 g/mol. The molecule has 0 saturated carbocycles. The fraction of sp³-hybridized carbons (Fsp3) is 0.135. The molecule has 1 unspecified atom stereocenters. The minimum absolute atomic E-state index is 0.0117. The molecule has 2 nitrogen and oxygen atoms in total. The lowest BCUT2D eigenvalue weighted by Crippen LogP contribution is -2.34. The molecule has 2 heteroatoms. The van der Waals surface area contributed by atoms with E-state index in [1.807, 2.05) is 0 Å². The third-order valence-electron chi connectivity index (χ3n) is 8.99. The maximum atomic E-state index is 3.79. The SMILES string of the molecule is CC1(C)c2ccccc2-c2ccc(C3CNC(c4cccc5c6ccccc6c6ccccc6c45)=CN3)cc21. The molecule has 39 heavy (non-hydrogen) atoms. The third-order valence-corrected chi connectivity index (χ3v) is 8.99. The third kappa shape index (κ3) is 3.21. The van der Waals surface area contributed by atoms with Gasteiger partial charge in [-0.1, -0.05) is 123 Å². The van der Waals surface area contributed by atoms with Crippen LogP contribution >= 0.6 is 0 Å². The van der Waals surface area contributed by atoms with Crippen molar-refractivity contribution in [2.24, 2.45) is 0 Å². The van der Waals surface area contributed by atoms with Crippen molar-refractivity contribution in [2.45, 2.75) is 25.3 Å². The highest BCUT2D eigenvalue weighted by Crippen LogP contribution is 2.49. The van der Waals surface area contributed by atoms with Gasteiger partial charge in [-0.2, -0.15) is 0 Å². The smallest absolute Gasteiger partial charge is 0.0681 e. The molecule has 2 N–H and O–H groups in total. The molecular formula is C37H30N2. The molecule has 1 atom stereocenters. The molecule has 188 valence electrons. The second kappa shape index (κ2) is 8.22. The van der Waals surface area contributed by atoms with E-state index >= 15 is 0 Å². The van der Waals surface area contributed by atoms with Crippen molar-refractivity contribution in [3.05, 3.63) is 138 Å². The number of fused-ring (bicyclic) bond motifs is 9. The van der Waals surface area contributed by atoms with Gasteiger partial charge < -0.3 is 10.6 Å². The number of hydrogen-bond acceptors (Lipinski definition) is 2. The van der Waals surface area contributed by atoms with Gasteiger partial charge in [-0.3, -0.25) is 0 Å². The Morgan fingerprint density at radius 1 is 0.590 bits per heavy atom. The second-order valence-electron chi connectivity index (χ2n) is 11.5. The summed E-state index contributed by atoms with van der Waals surface area (Å²) in [6.07, 6.45) is 2.18. The van der Waals surface area contributed by atoms with Gasteiger partial charge in [-0.05, 0) is 60.1 Å². The van der Waals surface area contributed by atoms with Crippen molar-refractivity contribution in [2.75, 3.05) is 6.54 Å². The standard InChI is InChI=1S/C37H30N2/c1-37(2)32-17-8-7-13-27(32)28-19-18-23(20-33(28)37)34-21-39-35(22-38-34)31-16-9-15-30-26-11-4-3-10-24(26)25-12-5-6-14-29(25)36(30)31/h3-20,22,34,38-39H,21H2,1-2H3. The van der Waals surface area contributed by atoms with Crippen LogP contribution in [-0.2, 0) is 5.41 Å². The van der Waals surface area contributed by atoms with Crippen LogP contribution in [0.15, 0.2) is 115 Å². The van der Waals surface area contributed by atoms with Crippen LogP contribution in [0.4, 0.5) is 0 Å². The van der Waals surface area contributed by atoms with Crippen LogP contribution in [0, 0.1) is 0 Å². The number of benzene rings is 6. The maximum absolute atomic E-state index is 3.79. The average Bonchev–Trinajstić information content (AvgIpc) is 3.23. The Balaban J connectivity index is 1.20. The first-order valence-electron chi connectivity index (χ1n) is 13.9. The van der Waals surface area contributed by atoms with E-state index in [0.29, 0.717) is 0 Å². The topological polar surface area (TPSA) is 24.1 Å². The Bertz CT molecular complexity index is 1930. The van der Waals surface area contributed by atoms with Crippen LogP contribution < -0.4 is 10.6 Å². The molecular weight excluding hydrogens is 472 g/mol. The Kier molecular flexibility index (Phi) is 4.73. The summed E-state index contributed by atoms with van der Waals surface area (Å²) in [6, 6.07) is 40.4. The minimum atomic E-state index is 0.0117. The summed E-state index contributed by atoms with van der Waals surface area (Å²) < 4.78 is 0. The predicted molar refractivity (Wildman–Crippen MR) is 165 cm³/mol. The van der Waals surface area contributed by atoms with E-state index in [0.717, 1.165) is 12.2 Å². The van der Waals surface area contributed by atoms with Crippen molar-refractivity contribution in [3.63, 3.8) is 0 Å². The van der Waals surface area contributed by atoms with Gasteiger partial charge in [0, 0.05) is 23.7 Å². The van der Waals surface area contributed by atoms with Gasteiger partial charge in [0.2, 0.25) is 0 Å². The zero-order valence-electron chi connectivity index (χ0n) is 22.3. The van der Waals surface area contributed by atoms with E-state index in [4.69, 9.17) is 0 Å². The quantitative estimate of drug-likeness (QED) is 0.231. The second-order valence-corrected chi connectivity index (χ2v) is 11.5. The van der Waals surface area contributed by atoms with Crippen LogP contribution in [0.1, 0.15) is 42.1 Å². The highest BCUT2D eigenvalue weighted by molar-refractivity contribution is 6.27. The largest absolute Gasteiger partial charge is 0.381 e. The summed E-state index contributed by atoms with van der Waals surface area (Å²) in [4.78, 5) is 0. The van der Waals surface area contributed by atoms with E-state index in [2.05, 4.69) is 140 Å². The van der Waals surface area contributed by atoms with E-state index in [1.165, 1.54) is 65.7 Å². The van der Waals surface area contributed by atoms with Crippen LogP contribution in [0.5, 0.6) is 0 Å². The van der Waals surface area contributed by atoms with Crippen LogP contribution in [0.3, 0.4) is 0 Å². The highest BCUT2D eigenvalue weighted by Gasteiger charge is 2.35. The van der Waals surface area contributed by atoms with E-state index < -0.39 is 0 Å². The lowest BCUT2D eigenvalue weighted by atomic mass is 9.81. The molecule has 0 saturated heterocycles. The molecule has 6 aromatic rings. The maximum Gasteiger partial charge on any atom is 0.0681 e. The summed E-state index contributed by atoms with van der Waals surface area (Å²) in [6.45, 7) is 5.53.